The van der Waals surface area contributed by atoms with Crippen LogP contribution in [0.1, 0.15) is 11.3 Å². The van der Waals surface area contributed by atoms with Crippen LogP contribution in [-0.4, -0.2) is 62.9 Å². The number of amides is 2. The van der Waals surface area contributed by atoms with Crippen molar-refractivity contribution < 1.29 is 19.5 Å². The molecule has 2 aromatic heterocycles. The number of benzene rings is 1. The number of aldehydes is 1. The molecule has 0 radical (unpaired) electrons. The molecule has 30 heavy (non-hydrogen) atoms. The first-order valence-electron chi connectivity index (χ1n) is 9.46. The Balaban J connectivity index is 1.76. The number of nitrogens with two attached hydrogens (primary N) is 1. The second-order valence-electron chi connectivity index (χ2n) is 6.95. The fraction of sp³-hybridized carbons (Fsp3) is 0.300. The van der Waals surface area contributed by atoms with Crippen molar-refractivity contribution in [2.24, 2.45) is 5.73 Å². The van der Waals surface area contributed by atoms with Gasteiger partial charge in [0.2, 0.25) is 11.8 Å². The number of nitrogens with one attached hydrogen (secondary N) is 4. The third-order valence-electron chi connectivity index (χ3n) is 4.75. The second kappa shape index (κ2) is 9.81. The highest BCUT2D eigenvalue weighted by Crippen LogP contribution is 2.19. The molecule has 0 saturated heterocycles. The predicted molar refractivity (Wildman–Crippen MR) is 109 cm³/mol. The van der Waals surface area contributed by atoms with Crippen LogP contribution in [0.15, 0.2) is 43.0 Å². The van der Waals surface area contributed by atoms with Crippen molar-refractivity contribution in [1.82, 2.24) is 25.6 Å². The Morgan fingerprint density at radius 2 is 1.97 bits per heavy atom. The van der Waals surface area contributed by atoms with E-state index in [0.717, 1.165) is 16.5 Å². The van der Waals surface area contributed by atoms with Crippen LogP contribution in [0.4, 0.5) is 0 Å². The number of aromatic amines is 2. The van der Waals surface area contributed by atoms with Gasteiger partial charge in [-0.25, -0.2) is 4.98 Å². The zero-order valence-electron chi connectivity index (χ0n) is 16.2. The Labute approximate surface area is 172 Å². The molecular weight excluding hydrogens is 388 g/mol. The van der Waals surface area contributed by atoms with Gasteiger partial charge in [-0.05, 0) is 11.6 Å². The lowest BCUT2D eigenvalue weighted by Crippen LogP contribution is -2.55. The van der Waals surface area contributed by atoms with E-state index in [4.69, 9.17) is 5.73 Å². The summed E-state index contributed by atoms with van der Waals surface area (Å²) in [4.78, 5) is 46.3. The summed E-state index contributed by atoms with van der Waals surface area (Å²) < 4.78 is 0. The zero-order chi connectivity index (χ0) is 21.5. The number of aromatic nitrogens is 3. The maximum absolute atomic E-state index is 12.7. The van der Waals surface area contributed by atoms with Gasteiger partial charge in [0.15, 0.2) is 0 Å². The van der Waals surface area contributed by atoms with Crippen molar-refractivity contribution in [1.29, 1.82) is 0 Å². The molecule has 0 fully saturated rings. The Bertz CT molecular complexity index is 1000. The van der Waals surface area contributed by atoms with Crippen molar-refractivity contribution in [3.63, 3.8) is 0 Å². The maximum Gasteiger partial charge on any atom is 0.243 e. The Kier molecular flexibility index (Phi) is 6.94. The van der Waals surface area contributed by atoms with Gasteiger partial charge in [-0.2, -0.15) is 0 Å². The van der Waals surface area contributed by atoms with Crippen LogP contribution in [0, 0.1) is 0 Å². The molecule has 1 aromatic carbocycles. The molecule has 3 rings (SSSR count). The van der Waals surface area contributed by atoms with Gasteiger partial charge in [0.05, 0.1) is 19.0 Å². The molecule has 0 aliphatic rings. The van der Waals surface area contributed by atoms with Gasteiger partial charge in [-0.15, -0.1) is 0 Å². The highest BCUT2D eigenvalue weighted by atomic mass is 16.3. The van der Waals surface area contributed by atoms with Crippen molar-refractivity contribution in [3.05, 3.63) is 54.2 Å². The summed E-state index contributed by atoms with van der Waals surface area (Å²) >= 11 is 0. The number of aliphatic hydroxyl groups is 1. The molecule has 0 aliphatic carbocycles. The average Bonchev–Trinajstić information content (AvgIpc) is 3.41. The molecule has 158 valence electrons. The third kappa shape index (κ3) is 5.10. The standard InChI is InChI=1S/C20H24N6O4/c21-16(6-13-8-22-11-24-13)19(29)26-18(20(30)25-14(9-27)10-28)5-12-7-23-17-4-2-1-3-15(12)17/h1-4,7-9,11,14,16,18,23,28H,5-6,10,21H2,(H,22,24)(H,25,30)(H,26,29)/t14-,16+,18+/m1/s1. The Hall–Kier alpha value is -3.50. The van der Waals surface area contributed by atoms with Gasteiger partial charge < -0.3 is 36.2 Å². The second-order valence-corrected chi connectivity index (χ2v) is 6.95. The smallest absolute Gasteiger partial charge is 0.243 e. The number of para-hydroxylation sites is 1. The van der Waals surface area contributed by atoms with Crippen molar-refractivity contribution in [2.45, 2.75) is 31.0 Å². The van der Waals surface area contributed by atoms with Crippen molar-refractivity contribution in [2.75, 3.05) is 6.61 Å². The first kappa shape index (κ1) is 21.2. The fourth-order valence-electron chi connectivity index (χ4n) is 3.14. The largest absolute Gasteiger partial charge is 0.394 e. The molecule has 0 aliphatic heterocycles. The summed E-state index contributed by atoms with van der Waals surface area (Å²) in [5.74, 6) is -1.11. The molecule has 0 spiro atoms. The number of aliphatic hydroxyl groups excluding tert-OH is 1. The zero-order valence-corrected chi connectivity index (χ0v) is 16.2. The van der Waals surface area contributed by atoms with Crippen LogP contribution in [-0.2, 0) is 27.2 Å². The highest BCUT2D eigenvalue weighted by molar-refractivity contribution is 5.92. The quantitative estimate of drug-likeness (QED) is 0.238. The molecule has 0 unspecified atom stereocenters. The van der Waals surface area contributed by atoms with E-state index in [9.17, 15) is 19.5 Å². The number of rotatable bonds is 10. The number of carbonyl (C=O) groups excluding carboxylic acids is 3. The lowest BCUT2D eigenvalue weighted by Gasteiger charge is -2.22. The molecule has 7 N–H and O–H groups in total. The Morgan fingerprint density at radius 3 is 2.67 bits per heavy atom. The number of H-pyrrole nitrogens is 2. The van der Waals surface area contributed by atoms with E-state index in [1.807, 2.05) is 24.3 Å². The topological polar surface area (TPSA) is 166 Å². The minimum absolute atomic E-state index is 0.176. The molecule has 0 saturated carbocycles. The molecule has 10 nitrogen and oxygen atoms in total. The lowest BCUT2D eigenvalue weighted by atomic mass is 10.0. The van der Waals surface area contributed by atoms with Gasteiger partial charge in [-0.3, -0.25) is 9.59 Å². The number of fused-ring (bicyclic) bond motifs is 1. The first-order chi connectivity index (χ1) is 14.5. The SMILES string of the molecule is N[C@@H](Cc1cnc[nH]1)C(=O)N[C@@H](Cc1c[nH]c2ccccc12)C(=O)N[C@H](C=O)CO. The maximum atomic E-state index is 12.7. The summed E-state index contributed by atoms with van der Waals surface area (Å²) in [7, 11) is 0. The van der Waals surface area contributed by atoms with Gasteiger partial charge in [0, 0.05) is 41.8 Å². The number of carbonyl (C=O) groups is 3. The fourth-order valence-corrected chi connectivity index (χ4v) is 3.14. The van der Waals surface area contributed by atoms with E-state index in [1.165, 1.54) is 6.33 Å². The normalized spacial score (nSPS) is 14.1. The molecule has 2 amide bonds. The molecule has 3 atom stereocenters. The lowest BCUT2D eigenvalue weighted by molar-refractivity contribution is -0.130. The molecule has 10 heteroatoms. The number of hydrogen-bond donors (Lipinski definition) is 6. The number of hydrogen-bond acceptors (Lipinski definition) is 6. The third-order valence-corrected chi connectivity index (χ3v) is 4.75. The minimum atomic E-state index is -1.06. The van der Waals surface area contributed by atoms with E-state index in [-0.39, 0.29) is 12.8 Å². The predicted octanol–water partition coefficient (Wildman–Crippen LogP) is -0.836. The monoisotopic (exact) mass is 412 g/mol. The Morgan fingerprint density at radius 1 is 1.17 bits per heavy atom. The van der Waals surface area contributed by atoms with E-state index < -0.39 is 36.5 Å². The van der Waals surface area contributed by atoms with Gasteiger partial charge >= 0.3 is 0 Å². The summed E-state index contributed by atoms with van der Waals surface area (Å²) in [5.41, 5.74) is 8.39. The van der Waals surface area contributed by atoms with Crippen LogP contribution in [0.3, 0.4) is 0 Å². The van der Waals surface area contributed by atoms with Crippen LogP contribution in [0.5, 0.6) is 0 Å². The summed E-state index contributed by atoms with van der Waals surface area (Å²) in [6.07, 6.45) is 5.66. The van der Waals surface area contributed by atoms with Crippen LogP contribution in [0.2, 0.25) is 0 Å². The molecule has 2 heterocycles. The summed E-state index contributed by atoms with van der Waals surface area (Å²) in [6.45, 7) is -0.539. The van der Waals surface area contributed by atoms with Crippen LogP contribution < -0.4 is 16.4 Å². The summed E-state index contributed by atoms with van der Waals surface area (Å²) in [6, 6.07) is 4.63. The van der Waals surface area contributed by atoms with E-state index in [0.29, 0.717) is 12.0 Å². The van der Waals surface area contributed by atoms with Gasteiger partial charge in [0.25, 0.3) is 0 Å². The number of imidazole rings is 1. The summed E-state index contributed by atoms with van der Waals surface area (Å²) in [5, 5.41) is 15.2. The van der Waals surface area contributed by atoms with E-state index >= 15 is 0 Å². The molecular formula is C20H24N6O4. The minimum Gasteiger partial charge on any atom is -0.394 e. The average molecular weight is 412 g/mol. The molecule has 0 bridgehead atoms. The van der Waals surface area contributed by atoms with E-state index in [1.54, 1.807) is 12.4 Å². The van der Waals surface area contributed by atoms with Gasteiger partial charge in [0.1, 0.15) is 18.4 Å². The van der Waals surface area contributed by atoms with Crippen LogP contribution >= 0.6 is 0 Å². The highest BCUT2D eigenvalue weighted by Gasteiger charge is 2.26. The van der Waals surface area contributed by atoms with E-state index in [2.05, 4.69) is 25.6 Å². The van der Waals surface area contributed by atoms with Crippen LogP contribution in [0.25, 0.3) is 10.9 Å². The first-order valence-corrected chi connectivity index (χ1v) is 9.46. The van der Waals surface area contributed by atoms with Crippen molar-refractivity contribution in [3.8, 4) is 0 Å². The number of nitrogens with zero attached hydrogens (tertiary/aromatic N) is 1. The molecule has 3 aromatic rings. The van der Waals surface area contributed by atoms with Gasteiger partial charge in [-0.1, -0.05) is 18.2 Å². The van der Waals surface area contributed by atoms with Crippen molar-refractivity contribution >= 4 is 29.0 Å².